The highest BCUT2D eigenvalue weighted by molar-refractivity contribution is 5.49. The van der Waals surface area contributed by atoms with E-state index >= 15 is 0 Å². The lowest BCUT2D eigenvalue weighted by atomic mass is 9.85. The Morgan fingerprint density at radius 1 is 1.22 bits per heavy atom. The Balaban J connectivity index is 2.03. The third-order valence-electron chi connectivity index (χ3n) is 4.31. The maximum Gasteiger partial charge on any atom is 0.0346 e. The fourth-order valence-electron chi connectivity index (χ4n) is 2.75. The zero-order valence-corrected chi connectivity index (χ0v) is 12.0. The molecule has 1 fully saturated rings. The van der Waals surface area contributed by atoms with E-state index in [9.17, 15) is 0 Å². The van der Waals surface area contributed by atoms with E-state index in [-0.39, 0.29) is 0 Å². The minimum absolute atomic E-state index is 0.513. The van der Waals surface area contributed by atoms with E-state index in [1.54, 1.807) is 0 Å². The fourth-order valence-corrected chi connectivity index (χ4v) is 2.75. The predicted molar refractivity (Wildman–Crippen MR) is 78.5 cm³/mol. The van der Waals surface area contributed by atoms with Gasteiger partial charge < -0.3 is 5.73 Å². The van der Waals surface area contributed by atoms with Crippen LogP contribution in [0.2, 0.25) is 0 Å². The average Bonchev–Trinajstić information content (AvgIpc) is 2.47. The molecule has 2 heteroatoms. The molecule has 0 atom stereocenters. The summed E-state index contributed by atoms with van der Waals surface area (Å²) in [6.07, 6.45) is 3.96. The summed E-state index contributed by atoms with van der Waals surface area (Å²) in [5.74, 6) is 0. The molecule has 0 saturated carbocycles. The van der Waals surface area contributed by atoms with Crippen molar-refractivity contribution in [2.75, 3.05) is 18.8 Å². The van der Waals surface area contributed by atoms with E-state index < -0.39 is 0 Å². The largest absolute Gasteiger partial charge is 0.399 e. The highest BCUT2D eigenvalue weighted by atomic mass is 15.1. The molecule has 1 aliphatic heterocycles. The Morgan fingerprint density at radius 2 is 2.00 bits per heavy atom. The van der Waals surface area contributed by atoms with Crippen molar-refractivity contribution in [2.24, 2.45) is 5.41 Å². The number of nitrogen functional groups attached to an aromatic ring is 1. The van der Waals surface area contributed by atoms with Crippen LogP contribution in [0.4, 0.5) is 5.69 Å². The summed E-state index contributed by atoms with van der Waals surface area (Å²) >= 11 is 0. The third kappa shape index (κ3) is 3.26. The van der Waals surface area contributed by atoms with E-state index in [0.717, 1.165) is 12.2 Å². The van der Waals surface area contributed by atoms with E-state index in [1.807, 2.05) is 6.07 Å². The summed E-state index contributed by atoms with van der Waals surface area (Å²) < 4.78 is 0. The summed E-state index contributed by atoms with van der Waals surface area (Å²) in [7, 11) is 0. The monoisotopic (exact) mass is 246 g/mol. The first kappa shape index (κ1) is 13.4. The molecule has 0 amide bonds. The molecule has 100 valence electrons. The second-order valence-corrected chi connectivity index (χ2v) is 6.43. The molecule has 0 unspecified atom stereocenters. The molecule has 1 aliphatic rings. The number of nitrogens with two attached hydrogens (primary N) is 1. The van der Waals surface area contributed by atoms with Crippen molar-refractivity contribution < 1.29 is 0 Å². The van der Waals surface area contributed by atoms with Crippen molar-refractivity contribution in [3.63, 3.8) is 0 Å². The van der Waals surface area contributed by atoms with Crippen LogP contribution in [0.1, 0.15) is 44.2 Å². The van der Waals surface area contributed by atoms with Crippen LogP contribution < -0.4 is 5.73 Å². The molecule has 0 aromatic heterocycles. The standard InChI is InChI=1S/C16H26N2/c1-13-14(6-4-7-15(13)17)12-18-10-5-8-16(2,3)9-11-18/h4,6-7H,5,8-12,17H2,1-3H3. The quantitative estimate of drug-likeness (QED) is 0.808. The van der Waals surface area contributed by atoms with Crippen molar-refractivity contribution in [3.8, 4) is 0 Å². The molecule has 1 saturated heterocycles. The zero-order valence-electron chi connectivity index (χ0n) is 12.0. The first-order chi connectivity index (χ1) is 8.48. The molecule has 0 aliphatic carbocycles. The summed E-state index contributed by atoms with van der Waals surface area (Å²) in [6.45, 7) is 10.4. The van der Waals surface area contributed by atoms with Gasteiger partial charge in [0.1, 0.15) is 0 Å². The highest BCUT2D eigenvalue weighted by Crippen LogP contribution is 2.30. The van der Waals surface area contributed by atoms with E-state index in [0.29, 0.717) is 5.41 Å². The van der Waals surface area contributed by atoms with Gasteiger partial charge >= 0.3 is 0 Å². The summed E-state index contributed by atoms with van der Waals surface area (Å²) in [5, 5.41) is 0. The average molecular weight is 246 g/mol. The van der Waals surface area contributed by atoms with Gasteiger partial charge in [-0.25, -0.2) is 0 Å². The van der Waals surface area contributed by atoms with Gasteiger partial charge in [0.05, 0.1) is 0 Å². The van der Waals surface area contributed by atoms with Crippen molar-refractivity contribution in [1.82, 2.24) is 4.90 Å². The van der Waals surface area contributed by atoms with Crippen LogP contribution in [-0.2, 0) is 6.54 Å². The number of hydrogen-bond acceptors (Lipinski definition) is 2. The lowest BCUT2D eigenvalue weighted by molar-refractivity contribution is 0.255. The Morgan fingerprint density at radius 3 is 2.78 bits per heavy atom. The van der Waals surface area contributed by atoms with Gasteiger partial charge in [-0.1, -0.05) is 26.0 Å². The lowest BCUT2D eigenvalue weighted by Gasteiger charge is -2.24. The zero-order chi connectivity index (χ0) is 13.2. The van der Waals surface area contributed by atoms with Crippen molar-refractivity contribution in [1.29, 1.82) is 0 Å². The highest BCUT2D eigenvalue weighted by Gasteiger charge is 2.23. The van der Waals surface area contributed by atoms with Crippen molar-refractivity contribution >= 4 is 5.69 Å². The van der Waals surface area contributed by atoms with Crippen LogP contribution in [0.3, 0.4) is 0 Å². The van der Waals surface area contributed by atoms with Crippen LogP contribution in [0.5, 0.6) is 0 Å². The normalized spacial score (nSPS) is 20.6. The molecule has 1 aromatic carbocycles. The van der Waals surface area contributed by atoms with Gasteiger partial charge in [0.25, 0.3) is 0 Å². The molecule has 2 N–H and O–H groups in total. The molecule has 0 bridgehead atoms. The fraction of sp³-hybridized carbons (Fsp3) is 0.625. The SMILES string of the molecule is Cc1c(N)cccc1CN1CCCC(C)(C)CC1. The molecule has 1 heterocycles. The number of nitrogens with zero attached hydrogens (tertiary/aromatic N) is 1. The Hall–Kier alpha value is -1.02. The molecule has 0 radical (unpaired) electrons. The third-order valence-corrected chi connectivity index (χ3v) is 4.31. The maximum absolute atomic E-state index is 5.98. The van der Waals surface area contributed by atoms with E-state index in [2.05, 4.69) is 37.8 Å². The van der Waals surface area contributed by atoms with Gasteiger partial charge in [0, 0.05) is 12.2 Å². The van der Waals surface area contributed by atoms with Gasteiger partial charge in [0.2, 0.25) is 0 Å². The van der Waals surface area contributed by atoms with Crippen LogP contribution in [0.25, 0.3) is 0 Å². The van der Waals surface area contributed by atoms with Crippen molar-refractivity contribution in [2.45, 2.75) is 46.6 Å². The summed E-state index contributed by atoms with van der Waals surface area (Å²) in [5.41, 5.74) is 10.0. The maximum atomic E-state index is 5.98. The first-order valence-electron chi connectivity index (χ1n) is 7.04. The van der Waals surface area contributed by atoms with Gasteiger partial charge in [-0.15, -0.1) is 0 Å². The van der Waals surface area contributed by atoms with E-state index in [4.69, 9.17) is 5.73 Å². The lowest BCUT2D eigenvalue weighted by Crippen LogP contribution is -2.25. The molecular weight excluding hydrogens is 220 g/mol. The number of hydrogen-bond donors (Lipinski definition) is 1. The first-order valence-corrected chi connectivity index (χ1v) is 7.04. The smallest absolute Gasteiger partial charge is 0.0346 e. The second kappa shape index (κ2) is 5.31. The number of benzene rings is 1. The minimum Gasteiger partial charge on any atom is -0.399 e. The molecule has 1 aromatic rings. The van der Waals surface area contributed by atoms with Gasteiger partial charge in [-0.2, -0.15) is 0 Å². The molecule has 2 nitrogen and oxygen atoms in total. The minimum atomic E-state index is 0.513. The van der Waals surface area contributed by atoms with Gasteiger partial charge in [-0.3, -0.25) is 4.90 Å². The topological polar surface area (TPSA) is 29.3 Å². The number of rotatable bonds is 2. The summed E-state index contributed by atoms with van der Waals surface area (Å²) in [6, 6.07) is 6.27. The van der Waals surface area contributed by atoms with Crippen LogP contribution in [0, 0.1) is 12.3 Å². The van der Waals surface area contributed by atoms with Crippen LogP contribution >= 0.6 is 0 Å². The molecule has 0 spiro atoms. The Kier molecular flexibility index (Phi) is 3.96. The van der Waals surface area contributed by atoms with Gasteiger partial charge in [0.15, 0.2) is 0 Å². The van der Waals surface area contributed by atoms with Gasteiger partial charge in [-0.05, 0) is 61.9 Å². The van der Waals surface area contributed by atoms with E-state index in [1.165, 1.54) is 43.5 Å². The Bertz CT molecular complexity index is 410. The molecule has 2 rings (SSSR count). The number of likely N-dealkylation sites (tertiary alicyclic amines) is 1. The predicted octanol–water partition coefficient (Wildman–Crippen LogP) is 3.59. The molecular formula is C16H26N2. The van der Waals surface area contributed by atoms with Crippen LogP contribution in [0.15, 0.2) is 18.2 Å². The van der Waals surface area contributed by atoms with Crippen LogP contribution in [-0.4, -0.2) is 18.0 Å². The number of anilines is 1. The summed E-state index contributed by atoms with van der Waals surface area (Å²) in [4.78, 5) is 2.58. The van der Waals surface area contributed by atoms with Crippen molar-refractivity contribution in [3.05, 3.63) is 29.3 Å². The second-order valence-electron chi connectivity index (χ2n) is 6.43. The Labute approximate surface area is 111 Å². The molecule has 18 heavy (non-hydrogen) atoms.